The van der Waals surface area contributed by atoms with Gasteiger partial charge in [-0.3, -0.25) is 9.67 Å². The standard InChI is InChI=1S/C14H20N4/c1-5-14-10(2)17-18(11(14)3)9-13-8-12(15-4)6-7-16-13/h6-8H,5,9H2,1-4H3,(H,15,16). The van der Waals surface area contributed by atoms with E-state index < -0.39 is 0 Å². The van der Waals surface area contributed by atoms with Gasteiger partial charge in [0.1, 0.15) is 0 Å². The van der Waals surface area contributed by atoms with E-state index in [2.05, 4.69) is 42.2 Å². The van der Waals surface area contributed by atoms with E-state index >= 15 is 0 Å². The molecule has 4 heteroatoms. The van der Waals surface area contributed by atoms with Crippen molar-refractivity contribution in [3.8, 4) is 0 Å². The van der Waals surface area contributed by atoms with Crippen molar-refractivity contribution in [2.45, 2.75) is 33.7 Å². The third-order valence-electron chi connectivity index (χ3n) is 3.30. The van der Waals surface area contributed by atoms with E-state index in [1.54, 1.807) is 0 Å². The molecule has 0 amide bonds. The third kappa shape index (κ3) is 2.37. The highest BCUT2D eigenvalue weighted by Gasteiger charge is 2.10. The molecule has 0 aromatic carbocycles. The monoisotopic (exact) mass is 244 g/mol. The van der Waals surface area contributed by atoms with Crippen molar-refractivity contribution < 1.29 is 0 Å². The van der Waals surface area contributed by atoms with Crippen LogP contribution in [0.15, 0.2) is 18.3 Å². The summed E-state index contributed by atoms with van der Waals surface area (Å²) >= 11 is 0. The number of hydrogen-bond acceptors (Lipinski definition) is 3. The van der Waals surface area contributed by atoms with Crippen LogP contribution < -0.4 is 5.32 Å². The number of aryl methyl sites for hydroxylation is 1. The summed E-state index contributed by atoms with van der Waals surface area (Å²) in [6.07, 6.45) is 2.86. The Labute approximate surface area is 108 Å². The minimum absolute atomic E-state index is 0.724. The Kier molecular flexibility index (Phi) is 3.65. The number of pyridine rings is 1. The molecule has 0 spiro atoms. The summed E-state index contributed by atoms with van der Waals surface area (Å²) in [5.74, 6) is 0. The molecule has 2 heterocycles. The topological polar surface area (TPSA) is 42.7 Å². The zero-order valence-corrected chi connectivity index (χ0v) is 11.5. The van der Waals surface area contributed by atoms with Gasteiger partial charge in [0.2, 0.25) is 0 Å². The minimum Gasteiger partial charge on any atom is -0.388 e. The maximum Gasteiger partial charge on any atom is 0.0835 e. The number of aromatic nitrogens is 3. The molecule has 0 radical (unpaired) electrons. The van der Waals surface area contributed by atoms with E-state index in [1.165, 1.54) is 11.3 Å². The highest BCUT2D eigenvalue weighted by Crippen LogP contribution is 2.15. The molecular formula is C14H20N4. The minimum atomic E-state index is 0.724. The number of hydrogen-bond donors (Lipinski definition) is 1. The number of rotatable bonds is 4. The molecule has 2 rings (SSSR count). The lowest BCUT2D eigenvalue weighted by Crippen LogP contribution is -2.06. The highest BCUT2D eigenvalue weighted by atomic mass is 15.3. The maximum absolute atomic E-state index is 4.59. The molecule has 0 aliphatic rings. The van der Waals surface area contributed by atoms with Gasteiger partial charge in [-0.25, -0.2) is 0 Å². The molecule has 0 unspecified atom stereocenters. The van der Waals surface area contributed by atoms with Crippen molar-refractivity contribution in [2.75, 3.05) is 12.4 Å². The van der Waals surface area contributed by atoms with Crippen LogP contribution >= 0.6 is 0 Å². The molecule has 1 N–H and O–H groups in total. The maximum atomic E-state index is 4.59. The SMILES string of the molecule is CCc1c(C)nn(Cc2cc(NC)ccn2)c1C. The molecule has 0 atom stereocenters. The number of nitrogens with zero attached hydrogens (tertiary/aromatic N) is 3. The largest absolute Gasteiger partial charge is 0.388 e. The average Bonchev–Trinajstić information content (AvgIpc) is 2.64. The lowest BCUT2D eigenvalue weighted by atomic mass is 10.1. The molecule has 0 aliphatic heterocycles. The summed E-state index contributed by atoms with van der Waals surface area (Å²) in [4.78, 5) is 4.39. The fourth-order valence-corrected chi connectivity index (χ4v) is 2.27. The molecule has 0 bridgehead atoms. The van der Waals surface area contributed by atoms with Crippen LogP contribution in [0.3, 0.4) is 0 Å². The lowest BCUT2D eigenvalue weighted by molar-refractivity contribution is 0.646. The van der Waals surface area contributed by atoms with Gasteiger partial charge in [-0.1, -0.05) is 6.92 Å². The van der Waals surface area contributed by atoms with Crippen molar-refractivity contribution in [3.05, 3.63) is 41.0 Å². The van der Waals surface area contributed by atoms with Crippen LogP contribution in [0.25, 0.3) is 0 Å². The van der Waals surface area contributed by atoms with Crippen LogP contribution in [-0.4, -0.2) is 21.8 Å². The molecule has 2 aromatic heterocycles. The molecule has 18 heavy (non-hydrogen) atoms. The van der Waals surface area contributed by atoms with E-state index in [0.717, 1.165) is 30.0 Å². The van der Waals surface area contributed by atoms with Gasteiger partial charge < -0.3 is 5.32 Å². The van der Waals surface area contributed by atoms with Gasteiger partial charge >= 0.3 is 0 Å². The van der Waals surface area contributed by atoms with Crippen molar-refractivity contribution in [3.63, 3.8) is 0 Å². The van der Waals surface area contributed by atoms with Gasteiger partial charge in [0.25, 0.3) is 0 Å². The van der Waals surface area contributed by atoms with Crippen LogP contribution in [0, 0.1) is 13.8 Å². The smallest absolute Gasteiger partial charge is 0.0835 e. The molecule has 0 saturated carbocycles. The molecule has 0 aliphatic carbocycles. The Morgan fingerprint density at radius 3 is 2.72 bits per heavy atom. The van der Waals surface area contributed by atoms with Gasteiger partial charge in [0.15, 0.2) is 0 Å². The Bertz CT molecular complexity index is 543. The van der Waals surface area contributed by atoms with E-state index in [1.807, 2.05) is 24.0 Å². The fourth-order valence-electron chi connectivity index (χ4n) is 2.27. The van der Waals surface area contributed by atoms with Crippen molar-refractivity contribution in [1.29, 1.82) is 0 Å². The van der Waals surface area contributed by atoms with Gasteiger partial charge in [0.05, 0.1) is 17.9 Å². The Hall–Kier alpha value is -1.84. The first kappa shape index (κ1) is 12.6. The molecule has 0 fully saturated rings. The summed E-state index contributed by atoms with van der Waals surface area (Å²) in [5.41, 5.74) is 5.82. The van der Waals surface area contributed by atoms with Gasteiger partial charge in [-0.15, -0.1) is 0 Å². The first-order chi connectivity index (χ1) is 8.65. The normalized spacial score (nSPS) is 10.7. The van der Waals surface area contributed by atoms with Gasteiger partial charge in [-0.2, -0.15) is 5.10 Å². The van der Waals surface area contributed by atoms with Crippen LogP contribution in [0.4, 0.5) is 5.69 Å². The van der Waals surface area contributed by atoms with Crippen LogP contribution in [0.5, 0.6) is 0 Å². The Balaban J connectivity index is 2.28. The fraction of sp³-hybridized carbons (Fsp3) is 0.429. The molecule has 0 saturated heterocycles. The quantitative estimate of drug-likeness (QED) is 0.898. The first-order valence-corrected chi connectivity index (χ1v) is 6.31. The second kappa shape index (κ2) is 5.21. The van der Waals surface area contributed by atoms with E-state index in [0.29, 0.717) is 0 Å². The number of anilines is 1. The predicted octanol–water partition coefficient (Wildman–Crippen LogP) is 2.55. The predicted molar refractivity (Wildman–Crippen MR) is 74.0 cm³/mol. The summed E-state index contributed by atoms with van der Waals surface area (Å²) in [6, 6.07) is 4.02. The molecular weight excluding hydrogens is 224 g/mol. The summed E-state index contributed by atoms with van der Waals surface area (Å²) in [7, 11) is 1.91. The zero-order valence-electron chi connectivity index (χ0n) is 11.5. The second-order valence-corrected chi connectivity index (χ2v) is 4.45. The highest BCUT2D eigenvalue weighted by molar-refractivity contribution is 5.42. The van der Waals surface area contributed by atoms with E-state index in [9.17, 15) is 0 Å². The first-order valence-electron chi connectivity index (χ1n) is 6.31. The average molecular weight is 244 g/mol. The van der Waals surface area contributed by atoms with E-state index in [-0.39, 0.29) is 0 Å². The summed E-state index contributed by atoms with van der Waals surface area (Å²) < 4.78 is 2.04. The summed E-state index contributed by atoms with van der Waals surface area (Å²) in [6.45, 7) is 7.09. The van der Waals surface area contributed by atoms with Crippen LogP contribution in [-0.2, 0) is 13.0 Å². The molecule has 2 aromatic rings. The van der Waals surface area contributed by atoms with Crippen molar-refractivity contribution in [1.82, 2.24) is 14.8 Å². The van der Waals surface area contributed by atoms with Gasteiger partial charge in [-0.05, 0) is 38.0 Å². The Morgan fingerprint density at radius 2 is 2.11 bits per heavy atom. The second-order valence-electron chi connectivity index (χ2n) is 4.45. The zero-order chi connectivity index (χ0) is 13.1. The van der Waals surface area contributed by atoms with Gasteiger partial charge in [0, 0.05) is 24.6 Å². The Morgan fingerprint density at radius 1 is 1.33 bits per heavy atom. The molecule has 4 nitrogen and oxygen atoms in total. The van der Waals surface area contributed by atoms with Crippen LogP contribution in [0.1, 0.15) is 29.6 Å². The molecule has 96 valence electrons. The van der Waals surface area contributed by atoms with Crippen molar-refractivity contribution >= 4 is 5.69 Å². The number of nitrogens with one attached hydrogen (secondary N) is 1. The lowest BCUT2D eigenvalue weighted by Gasteiger charge is -2.06. The third-order valence-corrected chi connectivity index (χ3v) is 3.30. The van der Waals surface area contributed by atoms with Crippen LogP contribution in [0.2, 0.25) is 0 Å². The van der Waals surface area contributed by atoms with Crippen molar-refractivity contribution in [2.24, 2.45) is 0 Å². The summed E-state index contributed by atoms with van der Waals surface area (Å²) in [5, 5.41) is 7.71. The van der Waals surface area contributed by atoms with E-state index in [4.69, 9.17) is 0 Å².